The summed E-state index contributed by atoms with van der Waals surface area (Å²) in [5.41, 5.74) is 2.09. The molecule has 1 aliphatic heterocycles. The first-order valence-corrected chi connectivity index (χ1v) is 6.26. The normalized spacial score (nSPS) is 13.3. The Kier molecular flexibility index (Phi) is 3.56. The molecule has 5 heteroatoms. The van der Waals surface area contributed by atoms with Gasteiger partial charge in [-0.3, -0.25) is 9.97 Å². The lowest BCUT2D eigenvalue weighted by Gasteiger charge is -2.18. The van der Waals surface area contributed by atoms with Gasteiger partial charge in [0.2, 0.25) is 0 Å². The Bertz CT molecular complexity index is 546. The molecule has 2 aromatic rings. The van der Waals surface area contributed by atoms with Gasteiger partial charge in [-0.2, -0.15) is 0 Å². The first kappa shape index (κ1) is 11.9. The Balaban J connectivity index is 1.58. The van der Waals surface area contributed by atoms with Crippen molar-refractivity contribution in [1.29, 1.82) is 0 Å². The lowest BCUT2D eigenvalue weighted by molar-refractivity contribution is 0.171. The van der Waals surface area contributed by atoms with Crippen molar-refractivity contribution < 1.29 is 9.47 Å². The molecule has 1 aromatic carbocycles. The maximum Gasteiger partial charge on any atom is 0.161 e. The van der Waals surface area contributed by atoms with Crippen LogP contribution in [0.15, 0.2) is 36.8 Å². The van der Waals surface area contributed by atoms with Crippen LogP contribution in [0.1, 0.15) is 11.3 Å². The van der Waals surface area contributed by atoms with E-state index in [2.05, 4.69) is 15.3 Å². The molecule has 98 valence electrons. The van der Waals surface area contributed by atoms with Crippen LogP contribution < -0.4 is 14.8 Å². The molecule has 0 bridgehead atoms. The van der Waals surface area contributed by atoms with Crippen LogP contribution in [0.5, 0.6) is 11.5 Å². The third-order valence-corrected chi connectivity index (χ3v) is 2.86. The van der Waals surface area contributed by atoms with Crippen LogP contribution in [-0.4, -0.2) is 23.2 Å². The molecule has 0 aliphatic carbocycles. The van der Waals surface area contributed by atoms with Gasteiger partial charge in [-0.05, 0) is 17.7 Å². The van der Waals surface area contributed by atoms with E-state index in [1.54, 1.807) is 18.6 Å². The van der Waals surface area contributed by atoms with Crippen LogP contribution in [0.25, 0.3) is 0 Å². The van der Waals surface area contributed by atoms with Gasteiger partial charge in [-0.25, -0.2) is 0 Å². The lowest BCUT2D eigenvalue weighted by Crippen LogP contribution is -2.17. The van der Waals surface area contributed by atoms with Crippen LogP contribution >= 0.6 is 0 Å². The van der Waals surface area contributed by atoms with E-state index in [0.29, 0.717) is 19.8 Å². The van der Waals surface area contributed by atoms with Gasteiger partial charge < -0.3 is 14.8 Å². The zero-order valence-corrected chi connectivity index (χ0v) is 10.5. The maximum absolute atomic E-state index is 5.55. The second kappa shape index (κ2) is 5.67. The average Bonchev–Trinajstić information content (AvgIpc) is 2.48. The summed E-state index contributed by atoms with van der Waals surface area (Å²) in [6.07, 6.45) is 5.13. The van der Waals surface area contributed by atoms with Crippen LogP contribution in [0.2, 0.25) is 0 Å². The number of hydrogen-bond acceptors (Lipinski definition) is 5. The minimum Gasteiger partial charge on any atom is -0.486 e. The van der Waals surface area contributed by atoms with Gasteiger partial charge in [-0.1, -0.05) is 6.07 Å². The molecular formula is C14H15N3O2. The number of aromatic nitrogens is 2. The van der Waals surface area contributed by atoms with E-state index in [1.165, 1.54) is 0 Å². The fraction of sp³-hybridized carbons (Fsp3) is 0.286. The minimum atomic E-state index is 0.615. The summed E-state index contributed by atoms with van der Waals surface area (Å²) >= 11 is 0. The number of nitrogens with one attached hydrogen (secondary N) is 1. The van der Waals surface area contributed by atoms with E-state index in [9.17, 15) is 0 Å². The predicted octanol–water partition coefficient (Wildman–Crippen LogP) is 1.54. The number of fused-ring (bicyclic) bond motifs is 1. The average molecular weight is 257 g/mol. The van der Waals surface area contributed by atoms with Crippen LogP contribution in [0, 0.1) is 0 Å². The second-order valence-corrected chi connectivity index (χ2v) is 4.28. The SMILES string of the molecule is c1cnc(CNCc2ccc3c(c2)OCCO3)cn1. The van der Waals surface area contributed by atoms with Crippen molar-refractivity contribution in [2.45, 2.75) is 13.1 Å². The highest BCUT2D eigenvalue weighted by atomic mass is 16.6. The van der Waals surface area contributed by atoms with Gasteiger partial charge in [0.15, 0.2) is 11.5 Å². The molecule has 1 aromatic heterocycles. The standard InChI is InChI=1S/C14H15N3O2/c1-2-13-14(19-6-5-18-13)7-11(1)8-16-10-12-9-15-3-4-17-12/h1-4,7,9,16H,5-6,8,10H2. The number of hydrogen-bond donors (Lipinski definition) is 1. The van der Waals surface area contributed by atoms with Crippen molar-refractivity contribution in [3.05, 3.63) is 48.0 Å². The first-order chi connectivity index (χ1) is 9.42. The van der Waals surface area contributed by atoms with E-state index >= 15 is 0 Å². The Labute approximate surface area is 111 Å². The molecule has 0 unspecified atom stereocenters. The summed E-state index contributed by atoms with van der Waals surface area (Å²) in [6.45, 7) is 2.69. The minimum absolute atomic E-state index is 0.615. The molecule has 1 N–H and O–H groups in total. The molecule has 0 spiro atoms. The summed E-state index contributed by atoms with van der Waals surface area (Å²) in [5.74, 6) is 1.65. The number of nitrogens with zero attached hydrogens (tertiary/aromatic N) is 2. The quantitative estimate of drug-likeness (QED) is 0.900. The Hall–Kier alpha value is -2.14. The summed E-state index contributed by atoms with van der Waals surface area (Å²) in [7, 11) is 0. The smallest absolute Gasteiger partial charge is 0.161 e. The number of ether oxygens (including phenoxy) is 2. The van der Waals surface area contributed by atoms with Gasteiger partial charge in [0.1, 0.15) is 13.2 Å². The van der Waals surface area contributed by atoms with Crippen molar-refractivity contribution in [3.8, 4) is 11.5 Å². The molecule has 19 heavy (non-hydrogen) atoms. The molecule has 0 amide bonds. The van der Waals surface area contributed by atoms with E-state index < -0.39 is 0 Å². The zero-order valence-electron chi connectivity index (χ0n) is 10.5. The molecule has 1 aliphatic rings. The molecule has 0 radical (unpaired) electrons. The van der Waals surface area contributed by atoms with Crippen LogP contribution in [0.4, 0.5) is 0 Å². The zero-order chi connectivity index (χ0) is 12.9. The van der Waals surface area contributed by atoms with Crippen LogP contribution in [0.3, 0.4) is 0 Å². The van der Waals surface area contributed by atoms with Crippen LogP contribution in [-0.2, 0) is 13.1 Å². The summed E-state index contributed by atoms with van der Waals surface area (Å²) in [5, 5.41) is 3.33. The van der Waals surface area contributed by atoms with E-state index in [4.69, 9.17) is 9.47 Å². The second-order valence-electron chi connectivity index (χ2n) is 4.28. The molecule has 0 atom stereocenters. The van der Waals surface area contributed by atoms with E-state index in [-0.39, 0.29) is 0 Å². The molecule has 3 rings (SSSR count). The van der Waals surface area contributed by atoms with Gasteiger partial charge >= 0.3 is 0 Å². The third-order valence-electron chi connectivity index (χ3n) is 2.86. The van der Waals surface area contributed by atoms with Crippen molar-refractivity contribution in [3.63, 3.8) is 0 Å². The molecule has 0 saturated carbocycles. The van der Waals surface area contributed by atoms with Crippen molar-refractivity contribution in [2.75, 3.05) is 13.2 Å². The van der Waals surface area contributed by atoms with Crippen molar-refractivity contribution >= 4 is 0 Å². The monoisotopic (exact) mass is 257 g/mol. The third kappa shape index (κ3) is 3.00. The summed E-state index contributed by atoms with van der Waals surface area (Å²) in [6, 6.07) is 6.00. The fourth-order valence-corrected chi connectivity index (χ4v) is 1.95. The molecular weight excluding hydrogens is 242 g/mol. The van der Waals surface area contributed by atoms with E-state index in [1.807, 2.05) is 18.2 Å². The predicted molar refractivity (Wildman–Crippen MR) is 70.0 cm³/mol. The highest BCUT2D eigenvalue weighted by Gasteiger charge is 2.11. The van der Waals surface area contributed by atoms with Gasteiger partial charge in [0, 0.05) is 31.7 Å². The maximum atomic E-state index is 5.55. The Morgan fingerprint density at radius 1 is 1.05 bits per heavy atom. The highest BCUT2D eigenvalue weighted by Crippen LogP contribution is 2.30. The highest BCUT2D eigenvalue weighted by molar-refractivity contribution is 5.43. The van der Waals surface area contributed by atoms with E-state index in [0.717, 1.165) is 29.3 Å². The van der Waals surface area contributed by atoms with Gasteiger partial charge in [0.25, 0.3) is 0 Å². The molecule has 0 fully saturated rings. The lowest BCUT2D eigenvalue weighted by atomic mass is 10.2. The van der Waals surface area contributed by atoms with Crippen molar-refractivity contribution in [1.82, 2.24) is 15.3 Å². The topological polar surface area (TPSA) is 56.3 Å². The Morgan fingerprint density at radius 2 is 1.95 bits per heavy atom. The molecule has 2 heterocycles. The summed E-state index contributed by atoms with van der Waals surface area (Å²) < 4.78 is 11.0. The van der Waals surface area contributed by atoms with Gasteiger partial charge in [-0.15, -0.1) is 0 Å². The first-order valence-electron chi connectivity index (χ1n) is 6.26. The Morgan fingerprint density at radius 3 is 2.79 bits per heavy atom. The largest absolute Gasteiger partial charge is 0.486 e. The summed E-state index contributed by atoms with van der Waals surface area (Å²) in [4.78, 5) is 8.24. The van der Waals surface area contributed by atoms with Crippen molar-refractivity contribution in [2.24, 2.45) is 0 Å². The number of rotatable bonds is 4. The van der Waals surface area contributed by atoms with Gasteiger partial charge in [0.05, 0.1) is 5.69 Å². The fourth-order valence-electron chi connectivity index (χ4n) is 1.95. The molecule has 0 saturated heterocycles. The number of benzene rings is 1. The molecule has 5 nitrogen and oxygen atoms in total.